The van der Waals surface area contributed by atoms with Crippen LogP contribution in [-0.2, 0) is 0 Å². The minimum Gasteiger partial charge on any atom is -0.323 e. The third-order valence-electron chi connectivity index (χ3n) is 1.72. The number of aromatic amines is 1. The van der Waals surface area contributed by atoms with Crippen molar-refractivity contribution in [1.82, 2.24) is 9.38 Å². The van der Waals surface area contributed by atoms with Crippen LogP contribution in [0, 0.1) is 6.92 Å². The quantitative estimate of drug-likeness (QED) is 0.660. The van der Waals surface area contributed by atoms with Crippen LogP contribution in [0.2, 0.25) is 5.02 Å². The van der Waals surface area contributed by atoms with E-state index in [1.807, 2.05) is 13.1 Å². The number of aryl methyl sites for hydroxylation is 1. The molecule has 0 amide bonds. The standard InChI is InChI=1S/C8H7ClN2O/c1-5-4-11-3-2-6(9)7(11)8(12)10-5/h2-4H,1H3,(H,10,12). The molecule has 0 spiro atoms. The third kappa shape index (κ3) is 0.940. The summed E-state index contributed by atoms with van der Waals surface area (Å²) in [5.74, 6) is 0. The SMILES string of the molecule is Cc1cn2ccc(Cl)c2c(=O)[nH]1. The number of nitrogens with one attached hydrogen (secondary N) is 1. The first-order valence-electron chi connectivity index (χ1n) is 3.54. The van der Waals surface area contributed by atoms with Gasteiger partial charge in [-0.2, -0.15) is 0 Å². The average Bonchev–Trinajstić information content (AvgIpc) is 2.31. The van der Waals surface area contributed by atoms with Gasteiger partial charge in [-0.3, -0.25) is 4.79 Å². The molecule has 62 valence electrons. The van der Waals surface area contributed by atoms with Crippen molar-refractivity contribution < 1.29 is 0 Å². The van der Waals surface area contributed by atoms with Crippen molar-refractivity contribution in [2.75, 3.05) is 0 Å². The van der Waals surface area contributed by atoms with Crippen molar-refractivity contribution in [2.45, 2.75) is 6.92 Å². The maximum absolute atomic E-state index is 11.3. The molecular weight excluding hydrogens is 176 g/mol. The highest BCUT2D eigenvalue weighted by Gasteiger charge is 2.03. The number of fused-ring (bicyclic) bond motifs is 1. The van der Waals surface area contributed by atoms with Crippen molar-refractivity contribution in [3.05, 3.63) is 39.5 Å². The van der Waals surface area contributed by atoms with Gasteiger partial charge in [-0.25, -0.2) is 0 Å². The maximum Gasteiger partial charge on any atom is 0.273 e. The van der Waals surface area contributed by atoms with Gasteiger partial charge in [-0.1, -0.05) is 11.6 Å². The third-order valence-corrected chi connectivity index (χ3v) is 2.03. The van der Waals surface area contributed by atoms with Crippen molar-refractivity contribution in [3.63, 3.8) is 0 Å². The predicted molar refractivity (Wildman–Crippen MR) is 47.8 cm³/mol. The average molecular weight is 183 g/mol. The van der Waals surface area contributed by atoms with Crippen LogP contribution in [0.1, 0.15) is 5.69 Å². The van der Waals surface area contributed by atoms with Crippen LogP contribution in [0.25, 0.3) is 5.52 Å². The Kier molecular flexibility index (Phi) is 1.48. The van der Waals surface area contributed by atoms with Gasteiger partial charge in [-0.05, 0) is 13.0 Å². The van der Waals surface area contributed by atoms with Crippen molar-refractivity contribution in [2.24, 2.45) is 0 Å². The molecule has 12 heavy (non-hydrogen) atoms. The largest absolute Gasteiger partial charge is 0.323 e. The van der Waals surface area contributed by atoms with Gasteiger partial charge in [0, 0.05) is 18.1 Å². The second-order valence-electron chi connectivity index (χ2n) is 2.69. The molecule has 0 radical (unpaired) electrons. The van der Waals surface area contributed by atoms with Gasteiger partial charge >= 0.3 is 0 Å². The molecule has 0 aliphatic carbocycles. The zero-order valence-corrected chi connectivity index (χ0v) is 7.22. The van der Waals surface area contributed by atoms with Crippen LogP contribution >= 0.6 is 11.6 Å². The number of aromatic nitrogens is 2. The fourth-order valence-corrected chi connectivity index (χ4v) is 1.47. The zero-order valence-electron chi connectivity index (χ0n) is 6.47. The summed E-state index contributed by atoms with van der Waals surface area (Å²) < 4.78 is 1.72. The molecule has 0 saturated heterocycles. The molecular formula is C8H7ClN2O. The molecule has 0 bridgehead atoms. The Morgan fingerprint density at radius 1 is 1.58 bits per heavy atom. The van der Waals surface area contributed by atoms with E-state index in [4.69, 9.17) is 11.6 Å². The van der Waals surface area contributed by atoms with Crippen LogP contribution in [0.4, 0.5) is 0 Å². The summed E-state index contributed by atoms with van der Waals surface area (Å²) in [7, 11) is 0. The summed E-state index contributed by atoms with van der Waals surface area (Å²) in [6.07, 6.45) is 3.59. The summed E-state index contributed by atoms with van der Waals surface area (Å²) in [5, 5.41) is 0.483. The Morgan fingerprint density at radius 2 is 2.33 bits per heavy atom. The highest BCUT2D eigenvalue weighted by molar-refractivity contribution is 6.33. The molecule has 2 heterocycles. The van der Waals surface area contributed by atoms with Crippen LogP contribution < -0.4 is 5.56 Å². The Bertz CT molecular complexity index is 483. The topological polar surface area (TPSA) is 37.3 Å². The fourth-order valence-electron chi connectivity index (χ4n) is 1.24. The fraction of sp³-hybridized carbons (Fsp3) is 0.125. The van der Waals surface area contributed by atoms with E-state index in [1.165, 1.54) is 0 Å². The maximum atomic E-state index is 11.3. The lowest BCUT2D eigenvalue weighted by molar-refractivity contribution is 1.05. The highest BCUT2D eigenvalue weighted by atomic mass is 35.5. The number of rotatable bonds is 0. The minimum atomic E-state index is -0.148. The van der Waals surface area contributed by atoms with E-state index in [-0.39, 0.29) is 5.56 Å². The van der Waals surface area contributed by atoms with Crippen molar-refractivity contribution in [3.8, 4) is 0 Å². The van der Waals surface area contributed by atoms with E-state index in [1.54, 1.807) is 16.7 Å². The van der Waals surface area contributed by atoms with Gasteiger partial charge in [0.05, 0.1) is 5.02 Å². The van der Waals surface area contributed by atoms with E-state index in [9.17, 15) is 4.79 Å². The molecule has 0 fully saturated rings. The molecule has 0 aliphatic rings. The summed E-state index contributed by atoms with van der Waals surface area (Å²) in [4.78, 5) is 14.0. The van der Waals surface area contributed by atoms with E-state index < -0.39 is 0 Å². The second kappa shape index (κ2) is 2.38. The van der Waals surface area contributed by atoms with Crippen LogP contribution in [0.5, 0.6) is 0 Å². The summed E-state index contributed by atoms with van der Waals surface area (Å²) in [6.45, 7) is 1.83. The van der Waals surface area contributed by atoms with E-state index in [0.29, 0.717) is 10.5 Å². The Balaban J connectivity index is 3.03. The van der Waals surface area contributed by atoms with Crippen LogP contribution in [0.15, 0.2) is 23.3 Å². The summed E-state index contributed by atoms with van der Waals surface area (Å²) >= 11 is 5.79. The number of halogens is 1. The lowest BCUT2D eigenvalue weighted by atomic mass is 10.4. The molecule has 3 nitrogen and oxygen atoms in total. The van der Waals surface area contributed by atoms with E-state index >= 15 is 0 Å². The van der Waals surface area contributed by atoms with Crippen molar-refractivity contribution >= 4 is 17.1 Å². The minimum absolute atomic E-state index is 0.148. The molecule has 0 unspecified atom stereocenters. The van der Waals surface area contributed by atoms with E-state index in [2.05, 4.69) is 4.98 Å². The molecule has 0 aromatic carbocycles. The van der Waals surface area contributed by atoms with Gasteiger partial charge in [0.15, 0.2) is 0 Å². The normalized spacial score (nSPS) is 10.8. The smallest absolute Gasteiger partial charge is 0.273 e. The monoisotopic (exact) mass is 182 g/mol. The van der Waals surface area contributed by atoms with Gasteiger partial charge in [0.1, 0.15) is 5.52 Å². The Morgan fingerprint density at radius 3 is 3.08 bits per heavy atom. The number of H-pyrrole nitrogens is 1. The first-order valence-corrected chi connectivity index (χ1v) is 3.92. The Hall–Kier alpha value is -1.22. The molecule has 0 aliphatic heterocycles. The molecule has 2 rings (SSSR count). The summed E-state index contributed by atoms with van der Waals surface area (Å²) in [5.41, 5.74) is 1.17. The lowest BCUT2D eigenvalue weighted by Gasteiger charge is -1.95. The summed E-state index contributed by atoms with van der Waals surface area (Å²) in [6, 6.07) is 1.70. The molecule has 2 aromatic rings. The molecule has 2 aromatic heterocycles. The lowest BCUT2D eigenvalue weighted by Crippen LogP contribution is -2.10. The van der Waals surface area contributed by atoms with Crippen molar-refractivity contribution in [1.29, 1.82) is 0 Å². The number of nitrogens with zero attached hydrogens (tertiary/aromatic N) is 1. The van der Waals surface area contributed by atoms with Gasteiger partial charge in [0.2, 0.25) is 0 Å². The zero-order chi connectivity index (χ0) is 8.72. The number of hydrogen-bond donors (Lipinski definition) is 1. The first kappa shape index (κ1) is 7.43. The van der Waals surface area contributed by atoms with Gasteiger partial charge < -0.3 is 9.38 Å². The van der Waals surface area contributed by atoms with E-state index in [0.717, 1.165) is 5.69 Å². The molecule has 1 N–H and O–H groups in total. The number of hydrogen-bond acceptors (Lipinski definition) is 1. The second-order valence-corrected chi connectivity index (χ2v) is 3.09. The van der Waals surface area contributed by atoms with Gasteiger partial charge in [0.25, 0.3) is 5.56 Å². The van der Waals surface area contributed by atoms with Crippen LogP contribution in [0.3, 0.4) is 0 Å². The van der Waals surface area contributed by atoms with Crippen LogP contribution in [-0.4, -0.2) is 9.38 Å². The predicted octanol–water partition coefficient (Wildman–Crippen LogP) is 1.59. The molecule has 0 saturated carbocycles. The Labute approximate surface area is 73.6 Å². The first-order chi connectivity index (χ1) is 5.68. The molecule has 0 atom stereocenters. The highest BCUT2D eigenvalue weighted by Crippen LogP contribution is 2.13. The van der Waals surface area contributed by atoms with Gasteiger partial charge in [-0.15, -0.1) is 0 Å². The molecule has 4 heteroatoms.